The fourth-order valence-electron chi connectivity index (χ4n) is 3.08. The number of nitrogens with one attached hydrogen (secondary N) is 2. The molecule has 0 saturated heterocycles. The molecule has 7 nitrogen and oxygen atoms in total. The van der Waals surface area contributed by atoms with Gasteiger partial charge >= 0.3 is 0 Å². The number of hydrogen-bond donors (Lipinski definition) is 2. The summed E-state index contributed by atoms with van der Waals surface area (Å²) in [5.74, 6) is 0.270. The molecule has 30 heavy (non-hydrogen) atoms. The average molecular weight is 420 g/mol. The predicted molar refractivity (Wildman–Crippen MR) is 118 cm³/mol. The first-order valence-corrected chi connectivity index (χ1v) is 10.6. The maximum absolute atomic E-state index is 12.4. The van der Waals surface area contributed by atoms with Gasteiger partial charge in [-0.3, -0.25) is 9.59 Å². The van der Waals surface area contributed by atoms with Crippen molar-refractivity contribution in [1.29, 1.82) is 0 Å². The molecule has 0 aliphatic heterocycles. The van der Waals surface area contributed by atoms with Crippen LogP contribution in [0.5, 0.6) is 0 Å². The number of carbonyl (C=O) groups is 1. The van der Waals surface area contributed by atoms with Gasteiger partial charge in [0.15, 0.2) is 10.8 Å². The number of rotatable bonds is 7. The summed E-state index contributed by atoms with van der Waals surface area (Å²) >= 11 is 1.19. The van der Waals surface area contributed by atoms with Gasteiger partial charge in [-0.1, -0.05) is 67.2 Å². The molecule has 152 valence electrons. The highest BCUT2D eigenvalue weighted by molar-refractivity contribution is 7.99. The van der Waals surface area contributed by atoms with Crippen LogP contribution in [0.25, 0.3) is 16.7 Å². The number of nitrogens with zero attached hydrogens (tertiary/aromatic N) is 3. The van der Waals surface area contributed by atoms with E-state index in [-0.39, 0.29) is 23.1 Å². The molecule has 1 amide bonds. The number of aromatic nitrogens is 4. The molecule has 2 aromatic heterocycles. The second kappa shape index (κ2) is 8.96. The second-order valence-electron chi connectivity index (χ2n) is 6.90. The van der Waals surface area contributed by atoms with Crippen LogP contribution in [0.4, 0.5) is 0 Å². The van der Waals surface area contributed by atoms with Crippen LogP contribution in [0.15, 0.2) is 76.8 Å². The van der Waals surface area contributed by atoms with Crippen molar-refractivity contribution in [2.45, 2.75) is 18.0 Å². The van der Waals surface area contributed by atoms with Crippen molar-refractivity contribution in [2.24, 2.45) is 0 Å². The van der Waals surface area contributed by atoms with E-state index in [1.807, 2.05) is 60.7 Å². The first-order chi connectivity index (χ1) is 14.6. The van der Waals surface area contributed by atoms with E-state index in [2.05, 4.69) is 27.3 Å². The summed E-state index contributed by atoms with van der Waals surface area (Å²) in [6.45, 7) is 2.62. The molecule has 0 bridgehead atoms. The highest BCUT2D eigenvalue weighted by Crippen LogP contribution is 2.18. The van der Waals surface area contributed by atoms with Crippen molar-refractivity contribution < 1.29 is 4.79 Å². The van der Waals surface area contributed by atoms with Gasteiger partial charge in [0.25, 0.3) is 5.56 Å². The molecule has 0 radical (unpaired) electrons. The topological polar surface area (TPSA) is 92.7 Å². The zero-order valence-corrected chi connectivity index (χ0v) is 17.2. The van der Waals surface area contributed by atoms with E-state index in [9.17, 15) is 9.59 Å². The van der Waals surface area contributed by atoms with Gasteiger partial charge in [-0.25, -0.2) is 9.67 Å². The van der Waals surface area contributed by atoms with Crippen LogP contribution in [-0.4, -0.2) is 38.0 Å². The monoisotopic (exact) mass is 419 g/mol. The molecule has 2 N–H and O–H groups in total. The molecule has 2 aromatic carbocycles. The van der Waals surface area contributed by atoms with Gasteiger partial charge in [0.1, 0.15) is 5.39 Å². The molecule has 0 spiro atoms. The molecular weight excluding hydrogens is 398 g/mol. The van der Waals surface area contributed by atoms with Crippen molar-refractivity contribution in [2.75, 3.05) is 12.3 Å². The van der Waals surface area contributed by atoms with Gasteiger partial charge < -0.3 is 10.3 Å². The minimum Gasteiger partial charge on any atom is -0.355 e. The molecule has 2 heterocycles. The summed E-state index contributed by atoms with van der Waals surface area (Å²) in [5.41, 5.74) is 2.18. The average Bonchev–Trinajstić information content (AvgIpc) is 3.22. The van der Waals surface area contributed by atoms with E-state index in [0.717, 1.165) is 5.69 Å². The minimum atomic E-state index is -0.275. The highest BCUT2D eigenvalue weighted by Gasteiger charge is 2.13. The van der Waals surface area contributed by atoms with Crippen LogP contribution in [-0.2, 0) is 4.79 Å². The molecule has 8 heteroatoms. The Morgan fingerprint density at radius 2 is 1.83 bits per heavy atom. The lowest BCUT2D eigenvalue weighted by atomic mass is 10.0. The summed E-state index contributed by atoms with van der Waals surface area (Å²) in [6.07, 6.45) is 1.50. The number of thioether (sulfide) groups is 1. The van der Waals surface area contributed by atoms with Crippen LogP contribution >= 0.6 is 11.8 Å². The lowest BCUT2D eigenvalue weighted by molar-refractivity contribution is -0.118. The maximum Gasteiger partial charge on any atom is 0.262 e. The van der Waals surface area contributed by atoms with Crippen LogP contribution in [0.1, 0.15) is 18.4 Å². The van der Waals surface area contributed by atoms with Crippen LogP contribution in [0.2, 0.25) is 0 Å². The first-order valence-electron chi connectivity index (χ1n) is 9.60. The smallest absolute Gasteiger partial charge is 0.262 e. The molecular formula is C22H21N5O2S. The van der Waals surface area contributed by atoms with Crippen molar-refractivity contribution in [3.63, 3.8) is 0 Å². The molecule has 0 aliphatic carbocycles. The fraction of sp³-hybridized carbons (Fsp3) is 0.182. The lowest BCUT2D eigenvalue weighted by Crippen LogP contribution is -2.29. The molecule has 1 unspecified atom stereocenters. The molecule has 0 fully saturated rings. The lowest BCUT2D eigenvalue weighted by Gasteiger charge is -2.12. The van der Waals surface area contributed by atoms with E-state index in [0.29, 0.717) is 22.7 Å². The molecule has 4 aromatic rings. The Morgan fingerprint density at radius 1 is 1.13 bits per heavy atom. The Kier molecular flexibility index (Phi) is 5.94. The number of carbonyl (C=O) groups excluding carboxylic acids is 1. The quantitative estimate of drug-likeness (QED) is 0.355. The summed E-state index contributed by atoms with van der Waals surface area (Å²) < 4.78 is 1.62. The molecule has 0 aliphatic rings. The summed E-state index contributed by atoms with van der Waals surface area (Å²) in [4.78, 5) is 31.9. The van der Waals surface area contributed by atoms with Crippen molar-refractivity contribution >= 4 is 28.7 Å². The van der Waals surface area contributed by atoms with Crippen LogP contribution < -0.4 is 10.9 Å². The van der Waals surface area contributed by atoms with E-state index < -0.39 is 0 Å². The van der Waals surface area contributed by atoms with Gasteiger partial charge in [-0.2, -0.15) is 5.10 Å². The van der Waals surface area contributed by atoms with Crippen molar-refractivity contribution in [3.8, 4) is 5.69 Å². The van der Waals surface area contributed by atoms with E-state index in [1.165, 1.54) is 23.5 Å². The third-order valence-corrected chi connectivity index (χ3v) is 5.60. The normalized spacial score (nSPS) is 12.0. The largest absolute Gasteiger partial charge is 0.355 e. The van der Waals surface area contributed by atoms with Crippen LogP contribution in [0.3, 0.4) is 0 Å². The third kappa shape index (κ3) is 4.44. The Morgan fingerprint density at radius 3 is 2.57 bits per heavy atom. The Labute approximate surface area is 177 Å². The third-order valence-electron chi connectivity index (χ3n) is 4.73. The minimum absolute atomic E-state index is 0.109. The Hall–Kier alpha value is -3.39. The zero-order valence-electron chi connectivity index (χ0n) is 16.4. The molecule has 4 rings (SSSR count). The maximum atomic E-state index is 12.4. The first kappa shape index (κ1) is 19.9. The summed E-state index contributed by atoms with van der Waals surface area (Å²) in [5, 5.41) is 8.02. The van der Waals surface area contributed by atoms with Crippen LogP contribution in [0, 0.1) is 0 Å². The number of hydrogen-bond acceptors (Lipinski definition) is 5. The van der Waals surface area contributed by atoms with Gasteiger partial charge in [-0.15, -0.1) is 0 Å². The van der Waals surface area contributed by atoms with Gasteiger partial charge in [0, 0.05) is 6.54 Å². The Balaban J connectivity index is 1.43. The highest BCUT2D eigenvalue weighted by atomic mass is 32.2. The SMILES string of the molecule is CC(CNC(=O)CSc1nc2c(cnn2-c2ccccc2)c(=O)[nH]1)c1ccccc1. The number of aromatic amines is 1. The predicted octanol–water partition coefficient (Wildman–Crippen LogP) is 3.12. The van der Waals surface area contributed by atoms with Crippen molar-refractivity contribution in [1.82, 2.24) is 25.1 Å². The number of H-pyrrole nitrogens is 1. The summed E-state index contributed by atoms with van der Waals surface area (Å²) in [7, 11) is 0. The number of para-hydroxylation sites is 1. The fourth-order valence-corrected chi connectivity index (χ4v) is 3.76. The van der Waals surface area contributed by atoms with Gasteiger partial charge in [0.05, 0.1) is 17.6 Å². The van der Waals surface area contributed by atoms with E-state index in [4.69, 9.17) is 0 Å². The zero-order chi connectivity index (χ0) is 20.9. The standard InChI is InChI=1S/C22H21N5O2S/c1-15(16-8-4-2-5-9-16)12-23-19(28)14-30-22-25-20-18(21(29)26-22)13-24-27(20)17-10-6-3-7-11-17/h2-11,13,15H,12,14H2,1H3,(H,23,28)(H,25,26,29). The van der Waals surface area contributed by atoms with E-state index in [1.54, 1.807) is 4.68 Å². The Bertz CT molecular complexity index is 1200. The number of amides is 1. The van der Waals surface area contributed by atoms with Crippen molar-refractivity contribution in [3.05, 3.63) is 82.8 Å². The molecule has 1 atom stereocenters. The van der Waals surface area contributed by atoms with Gasteiger partial charge in [-0.05, 0) is 23.6 Å². The number of fused-ring (bicyclic) bond motifs is 1. The van der Waals surface area contributed by atoms with E-state index >= 15 is 0 Å². The number of benzene rings is 2. The van der Waals surface area contributed by atoms with Gasteiger partial charge in [0.2, 0.25) is 5.91 Å². The summed E-state index contributed by atoms with van der Waals surface area (Å²) in [6, 6.07) is 19.5. The molecule has 0 saturated carbocycles. The second-order valence-corrected chi connectivity index (χ2v) is 7.87.